The maximum Gasteiger partial charge on any atom is 0.129 e. The van der Waals surface area contributed by atoms with Crippen molar-refractivity contribution in [2.75, 3.05) is 11.5 Å². The van der Waals surface area contributed by atoms with Crippen molar-refractivity contribution in [3.05, 3.63) is 53.8 Å². The van der Waals surface area contributed by atoms with Crippen LogP contribution in [0.1, 0.15) is 5.56 Å². The van der Waals surface area contributed by atoms with Gasteiger partial charge in [0.1, 0.15) is 18.2 Å². The topological polar surface area (TPSA) is 61.3 Å². The largest absolute Gasteiger partial charge is 0.489 e. The summed E-state index contributed by atoms with van der Waals surface area (Å²) in [5.41, 5.74) is 12.7. The molecule has 0 radical (unpaired) electrons. The number of anilines is 2. The van der Waals surface area contributed by atoms with Crippen molar-refractivity contribution in [2.45, 2.75) is 6.61 Å². The first kappa shape index (κ1) is 11.3. The average molecular weight is 232 g/mol. The van der Waals surface area contributed by atoms with Gasteiger partial charge >= 0.3 is 0 Å². The van der Waals surface area contributed by atoms with E-state index in [-0.39, 0.29) is 12.4 Å². The number of nitrogens with two attached hydrogens (primary N) is 2. The predicted molar refractivity (Wildman–Crippen MR) is 66.0 cm³/mol. The van der Waals surface area contributed by atoms with Gasteiger partial charge in [0.15, 0.2) is 0 Å². The minimum absolute atomic E-state index is 0.163. The number of hydrogen-bond acceptors (Lipinski definition) is 3. The van der Waals surface area contributed by atoms with Crippen molar-refractivity contribution < 1.29 is 9.13 Å². The molecule has 0 fully saturated rings. The van der Waals surface area contributed by atoms with Crippen LogP contribution in [0.15, 0.2) is 42.5 Å². The second kappa shape index (κ2) is 4.74. The molecule has 0 aliphatic rings. The zero-order valence-electron chi connectivity index (χ0n) is 9.19. The van der Waals surface area contributed by atoms with E-state index < -0.39 is 0 Å². The summed E-state index contributed by atoms with van der Waals surface area (Å²) in [6.45, 7) is 0.163. The van der Waals surface area contributed by atoms with Crippen molar-refractivity contribution in [3.8, 4) is 5.75 Å². The molecule has 4 heteroatoms. The molecular weight excluding hydrogens is 219 g/mol. The van der Waals surface area contributed by atoms with Crippen molar-refractivity contribution in [2.24, 2.45) is 0 Å². The number of ether oxygens (including phenoxy) is 1. The second-order valence-corrected chi connectivity index (χ2v) is 3.67. The molecule has 0 aromatic heterocycles. The van der Waals surface area contributed by atoms with E-state index in [4.69, 9.17) is 16.2 Å². The Morgan fingerprint density at radius 2 is 1.76 bits per heavy atom. The molecule has 0 aliphatic carbocycles. The molecular formula is C13H13FN2O. The van der Waals surface area contributed by atoms with Gasteiger partial charge in [-0.05, 0) is 18.2 Å². The standard InChI is InChI=1S/C13H13FN2O/c14-11-4-2-1-3-9(11)8-17-10-5-6-12(15)13(16)7-10/h1-7H,8,15-16H2. The van der Waals surface area contributed by atoms with Crippen LogP contribution in [0.5, 0.6) is 5.75 Å². The second-order valence-electron chi connectivity index (χ2n) is 3.67. The van der Waals surface area contributed by atoms with Gasteiger partial charge < -0.3 is 16.2 Å². The van der Waals surface area contributed by atoms with Crippen molar-refractivity contribution in [1.82, 2.24) is 0 Å². The van der Waals surface area contributed by atoms with Gasteiger partial charge in [0.2, 0.25) is 0 Å². The lowest BCUT2D eigenvalue weighted by molar-refractivity contribution is 0.300. The first-order valence-electron chi connectivity index (χ1n) is 5.18. The SMILES string of the molecule is Nc1ccc(OCc2ccccc2F)cc1N. The third kappa shape index (κ3) is 2.66. The Morgan fingerprint density at radius 1 is 1.00 bits per heavy atom. The molecule has 0 aliphatic heterocycles. The van der Waals surface area contributed by atoms with Crippen LogP contribution in [0.2, 0.25) is 0 Å². The quantitative estimate of drug-likeness (QED) is 0.799. The highest BCUT2D eigenvalue weighted by Crippen LogP contribution is 2.22. The maximum atomic E-state index is 13.3. The number of nitrogen functional groups attached to an aromatic ring is 2. The molecule has 17 heavy (non-hydrogen) atoms. The lowest BCUT2D eigenvalue weighted by atomic mass is 10.2. The minimum atomic E-state index is -0.282. The fourth-order valence-electron chi connectivity index (χ4n) is 1.42. The Bertz CT molecular complexity index is 529. The number of benzene rings is 2. The van der Waals surface area contributed by atoms with E-state index in [9.17, 15) is 4.39 Å². The van der Waals surface area contributed by atoms with Crippen LogP contribution in [0, 0.1) is 5.82 Å². The average Bonchev–Trinajstić information content (AvgIpc) is 2.32. The molecule has 2 rings (SSSR count). The molecule has 0 atom stereocenters. The van der Waals surface area contributed by atoms with Crippen LogP contribution in [0.4, 0.5) is 15.8 Å². The molecule has 3 nitrogen and oxygen atoms in total. The van der Waals surface area contributed by atoms with Gasteiger partial charge in [0.25, 0.3) is 0 Å². The van der Waals surface area contributed by atoms with Crippen molar-refractivity contribution in [1.29, 1.82) is 0 Å². The highest BCUT2D eigenvalue weighted by molar-refractivity contribution is 5.65. The molecule has 0 saturated carbocycles. The summed E-state index contributed by atoms with van der Waals surface area (Å²) in [6.07, 6.45) is 0. The third-order valence-corrected chi connectivity index (χ3v) is 2.41. The zero-order chi connectivity index (χ0) is 12.3. The Balaban J connectivity index is 2.08. The Labute approximate surface area is 98.8 Å². The normalized spacial score (nSPS) is 10.2. The van der Waals surface area contributed by atoms with Gasteiger partial charge in [-0.1, -0.05) is 18.2 Å². The fraction of sp³-hybridized carbons (Fsp3) is 0.0769. The third-order valence-electron chi connectivity index (χ3n) is 2.41. The first-order valence-corrected chi connectivity index (χ1v) is 5.18. The van der Waals surface area contributed by atoms with E-state index in [1.807, 2.05) is 0 Å². The van der Waals surface area contributed by atoms with E-state index in [2.05, 4.69) is 0 Å². The Kier molecular flexibility index (Phi) is 3.14. The molecule has 2 aromatic carbocycles. The summed E-state index contributed by atoms with van der Waals surface area (Å²) in [6, 6.07) is 11.5. The molecule has 2 aromatic rings. The molecule has 4 N–H and O–H groups in total. The predicted octanol–water partition coefficient (Wildman–Crippen LogP) is 2.57. The van der Waals surface area contributed by atoms with Crippen LogP contribution in [-0.4, -0.2) is 0 Å². The first-order chi connectivity index (χ1) is 8.16. The fourth-order valence-corrected chi connectivity index (χ4v) is 1.42. The Morgan fingerprint density at radius 3 is 2.47 bits per heavy atom. The number of halogens is 1. The van der Waals surface area contributed by atoms with Crippen molar-refractivity contribution in [3.63, 3.8) is 0 Å². The molecule has 0 unspecified atom stereocenters. The van der Waals surface area contributed by atoms with E-state index in [1.54, 1.807) is 36.4 Å². The summed E-state index contributed by atoms with van der Waals surface area (Å²) >= 11 is 0. The van der Waals surface area contributed by atoms with Crippen molar-refractivity contribution >= 4 is 11.4 Å². The number of rotatable bonds is 3. The summed E-state index contributed by atoms with van der Waals surface area (Å²) in [5.74, 6) is 0.288. The molecule has 0 saturated heterocycles. The molecule has 0 spiro atoms. The summed E-state index contributed by atoms with van der Waals surface area (Å²) < 4.78 is 18.7. The van der Waals surface area contributed by atoms with Crippen LogP contribution >= 0.6 is 0 Å². The minimum Gasteiger partial charge on any atom is -0.489 e. The van der Waals surface area contributed by atoms with Gasteiger partial charge in [0, 0.05) is 11.6 Å². The van der Waals surface area contributed by atoms with Gasteiger partial charge in [-0.25, -0.2) is 4.39 Å². The summed E-state index contributed by atoms with van der Waals surface area (Å²) in [7, 11) is 0. The van der Waals surface area contributed by atoms with E-state index in [0.29, 0.717) is 22.7 Å². The monoisotopic (exact) mass is 232 g/mol. The maximum absolute atomic E-state index is 13.3. The Hall–Kier alpha value is -2.23. The van der Waals surface area contributed by atoms with E-state index in [1.165, 1.54) is 6.07 Å². The van der Waals surface area contributed by atoms with Crippen LogP contribution < -0.4 is 16.2 Å². The van der Waals surface area contributed by atoms with E-state index >= 15 is 0 Å². The summed E-state index contributed by atoms with van der Waals surface area (Å²) in [4.78, 5) is 0. The van der Waals surface area contributed by atoms with Gasteiger partial charge in [-0.15, -0.1) is 0 Å². The highest BCUT2D eigenvalue weighted by Gasteiger charge is 2.02. The lowest BCUT2D eigenvalue weighted by Gasteiger charge is -2.08. The smallest absolute Gasteiger partial charge is 0.129 e. The van der Waals surface area contributed by atoms with Gasteiger partial charge in [0.05, 0.1) is 11.4 Å². The molecule has 0 heterocycles. The summed E-state index contributed by atoms with van der Waals surface area (Å²) in [5, 5.41) is 0. The molecule has 0 amide bonds. The lowest BCUT2D eigenvalue weighted by Crippen LogP contribution is -2.00. The van der Waals surface area contributed by atoms with Gasteiger partial charge in [-0.3, -0.25) is 0 Å². The molecule has 0 bridgehead atoms. The van der Waals surface area contributed by atoms with Gasteiger partial charge in [-0.2, -0.15) is 0 Å². The molecule has 88 valence electrons. The van der Waals surface area contributed by atoms with E-state index in [0.717, 1.165) is 0 Å². The van der Waals surface area contributed by atoms with Crippen LogP contribution in [0.3, 0.4) is 0 Å². The highest BCUT2D eigenvalue weighted by atomic mass is 19.1. The zero-order valence-corrected chi connectivity index (χ0v) is 9.19. The van der Waals surface area contributed by atoms with Crippen LogP contribution in [0.25, 0.3) is 0 Å². The number of hydrogen-bond donors (Lipinski definition) is 2. The van der Waals surface area contributed by atoms with Crippen LogP contribution in [-0.2, 0) is 6.61 Å².